The van der Waals surface area contributed by atoms with Crippen molar-refractivity contribution in [2.45, 2.75) is 6.61 Å². The van der Waals surface area contributed by atoms with Gasteiger partial charge >= 0.3 is 0 Å². The monoisotopic (exact) mass is 359 g/mol. The largest absolute Gasteiger partial charge is 0.493 e. The summed E-state index contributed by atoms with van der Waals surface area (Å²) >= 11 is 4.72. The molecule has 0 aliphatic rings. The van der Waals surface area contributed by atoms with E-state index in [0.29, 0.717) is 26.9 Å². The van der Waals surface area contributed by atoms with Crippen LogP contribution in [0.5, 0.6) is 17.2 Å². The highest BCUT2D eigenvalue weighted by molar-refractivity contribution is 9.11. The van der Waals surface area contributed by atoms with Crippen molar-refractivity contribution in [3.05, 3.63) is 20.9 Å². The summed E-state index contributed by atoms with van der Waals surface area (Å²) in [5.74, 6) is 1.63. The van der Waals surface area contributed by atoms with Crippen molar-refractivity contribution >= 4 is 27.3 Å². The zero-order chi connectivity index (χ0) is 14.7. The number of methoxy groups -OCH3 is 3. The van der Waals surface area contributed by atoms with E-state index in [1.54, 1.807) is 21.3 Å². The second-order valence-electron chi connectivity index (χ2n) is 3.81. The number of rotatable bonds is 5. The van der Waals surface area contributed by atoms with Crippen molar-refractivity contribution < 1.29 is 19.3 Å². The van der Waals surface area contributed by atoms with E-state index in [4.69, 9.17) is 14.2 Å². The van der Waals surface area contributed by atoms with Gasteiger partial charge in [0, 0.05) is 5.56 Å². The third-order valence-corrected chi connectivity index (χ3v) is 4.24. The number of ether oxygens (including phenoxy) is 3. The normalized spacial score (nSPS) is 10.4. The third-order valence-electron chi connectivity index (χ3n) is 2.75. The number of aliphatic hydroxyl groups is 1. The molecule has 0 bridgehead atoms. The smallest absolute Gasteiger partial charge is 0.203 e. The molecule has 0 aliphatic carbocycles. The number of thiazole rings is 1. The van der Waals surface area contributed by atoms with Crippen molar-refractivity contribution in [1.29, 1.82) is 0 Å². The fourth-order valence-electron chi connectivity index (χ4n) is 1.87. The Kier molecular flexibility index (Phi) is 4.85. The summed E-state index contributed by atoms with van der Waals surface area (Å²) in [4.78, 5) is 5.15. The molecule has 1 heterocycles. The minimum atomic E-state index is -0.0741. The van der Waals surface area contributed by atoms with Crippen LogP contribution in [0.2, 0.25) is 0 Å². The van der Waals surface area contributed by atoms with Crippen molar-refractivity contribution in [3.8, 4) is 28.5 Å². The van der Waals surface area contributed by atoms with Gasteiger partial charge in [0.05, 0.1) is 38.5 Å². The molecule has 0 amide bonds. The van der Waals surface area contributed by atoms with Gasteiger partial charge in [0.1, 0.15) is 0 Å². The molecule has 1 aromatic carbocycles. The molecule has 0 saturated carbocycles. The quantitative estimate of drug-likeness (QED) is 0.888. The van der Waals surface area contributed by atoms with E-state index in [-0.39, 0.29) is 6.61 Å². The third kappa shape index (κ3) is 2.74. The molecule has 108 valence electrons. The SMILES string of the molecule is COc1cc(-c2nc(Br)sc2CO)cc(OC)c1OC. The number of aromatic nitrogens is 1. The van der Waals surface area contributed by atoms with Gasteiger partial charge in [-0.15, -0.1) is 11.3 Å². The van der Waals surface area contributed by atoms with Crippen LogP contribution in [0.15, 0.2) is 16.0 Å². The standard InChI is InChI=1S/C13H14BrNO4S/c1-17-8-4-7(5-9(18-2)12(8)19-3)11-10(6-16)20-13(14)15-11/h4-5,16H,6H2,1-3H3. The van der Waals surface area contributed by atoms with Crippen LogP contribution in [0.25, 0.3) is 11.3 Å². The molecule has 0 aliphatic heterocycles. The molecular formula is C13H14BrNO4S. The Hall–Kier alpha value is -1.31. The van der Waals surface area contributed by atoms with Crippen LogP contribution in [-0.4, -0.2) is 31.4 Å². The van der Waals surface area contributed by atoms with E-state index in [1.807, 2.05) is 12.1 Å². The molecule has 1 N–H and O–H groups in total. The number of hydrogen-bond acceptors (Lipinski definition) is 6. The van der Waals surface area contributed by atoms with Gasteiger partial charge in [0.2, 0.25) is 5.75 Å². The molecule has 0 fully saturated rings. The maximum Gasteiger partial charge on any atom is 0.203 e. The highest BCUT2D eigenvalue weighted by Gasteiger charge is 2.18. The van der Waals surface area contributed by atoms with E-state index in [9.17, 15) is 5.11 Å². The first-order valence-corrected chi connectivity index (χ1v) is 7.32. The molecule has 5 nitrogen and oxygen atoms in total. The minimum absolute atomic E-state index is 0.0741. The number of hydrogen-bond donors (Lipinski definition) is 1. The van der Waals surface area contributed by atoms with Crippen LogP contribution < -0.4 is 14.2 Å². The topological polar surface area (TPSA) is 60.8 Å². The minimum Gasteiger partial charge on any atom is -0.493 e. The highest BCUT2D eigenvalue weighted by Crippen LogP contribution is 2.42. The van der Waals surface area contributed by atoms with Gasteiger partial charge in [-0.25, -0.2) is 4.98 Å². The lowest BCUT2D eigenvalue weighted by Crippen LogP contribution is -1.96. The second kappa shape index (κ2) is 6.43. The van der Waals surface area contributed by atoms with Crippen molar-refractivity contribution in [3.63, 3.8) is 0 Å². The molecule has 1 aromatic heterocycles. The first kappa shape index (κ1) is 15.1. The average Bonchev–Trinajstić information content (AvgIpc) is 2.86. The molecule has 20 heavy (non-hydrogen) atoms. The van der Waals surface area contributed by atoms with Crippen molar-refractivity contribution in [1.82, 2.24) is 4.98 Å². The van der Waals surface area contributed by atoms with E-state index in [1.165, 1.54) is 11.3 Å². The molecule has 0 spiro atoms. The summed E-state index contributed by atoms with van der Waals surface area (Å²) in [6, 6.07) is 3.62. The molecule has 0 atom stereocenters. The molecule has 2 rings (SSSR count). The molecule has 0 saturated heterocycles. The average molecular weight is 360 g/mol. The highest BCUT2D eigenvalue weighted by atomic mass is 79.9. The summed E-state index contributed by atoms with van der Waals surface area (Å²) in [7, 11) is 4.68. The lowest BCUT2D eigenvalue weighted by molar-refractivity contribution is 0.286. The Labute approximate surface area is 129 Å². The van der Waals surface area contributed by atoms with Gasteiger partial charge in [0.15, 0.2) is 15.4 Å². The summed E-state index contributed by atoms with van der Waals surface area (Å²) in [5, 5.41) is 9.41. The molecule has 0 unspecified atom stereocenters. The van der Waals surface area contributed by atoms with Crippen LogP contribution in [0.1, 0.15) is 4.88 Å². The van der Waals surface area contributed by atoms with Gasteiger partial charge in [-0.05, 0) is 28.1 Å². The van der Waals surface area contributed by atoms with Crippen LogP contribution in [-0.2, 0) is 6.61 Å². The Balaban J connectivity index is 2.62. The predicted octanol–water partition coefficient (Wildman–Crippen LogP) is 3.09. The van der Waals surface area contributed by atoms with E-state index >= 15 is 0 Å². The lowest BCUT2D eigenvalue weighted by Gasteiger charge is -2.13. The zero-order valence-electron chi connectivity index (χ0n) is 11.3. The van der Waals surface area contributed by atoms with E-state index in [0.717, 1.165) is 10.4 Å². The lowest BCUT2D eigenvalue weighted by atomic mass is 10.1. The summed E-state index contributed by atoms with van der Waals surface area (Å²) in [6.07, 6.45) is 0. The van der Waals surface area contributed by atoms with Gasteiger partial charge in [-0.3, -0.25) is 0 Å². The zero-order valence-corrected chi connectivity index (χ0v) is 13.7. The first-order chi connectivity index (χ1) is 9.64. The van der Waals surface area contributed by atoms with Gasteiger partial charge in [-0.2, -0.15) is 0 Å². The van der Waals surface area contributed by atoms with Crippen LogP contribution in [0, 0.1) is 0 Å². The molecule has 0 radical (unpaired) electrons. The predicted molar refractivity (Wildman–Crippen MR) is 80.8 cm³/mol. The fraction of sp³-hybridized carbons (Fsp3) is 0.308. The van der Waals surface area contributed by atoms with Crippen molar-refractivity contribution in [2.75, 3.05) is 21.3 Å². The first-order valence-electron chi connectivity index (χ1n) is 5.71. The second-order valence-corrected chi connectivity index (χ2v) is 6.17. The fourth-order valence-corrected chi connectivity index (χ4v) is 3.30. The molecule has 7 heteroatoms. The number of nitrogens with zero attached hydrogens (tertiary/aromatic N) is 1. The number of halogens is 1. The summed E-state index contributed by atoms with van der Waals surface area (Å²) in [5.41, 5.74) is 1.49. The Morgan fingerprint density at radius 3 is 2.20 bits per heavy atom. The van der Waals surface area contributed by atoms with Gasteiger partial charge in [0.25, 0.3) is 0 Å². The maximum atomic E-state index is 9.41. The van der Waals surface area contributed by atoms with E-state index < -0.39 is 0 Å². The van der Waals surface area contributed by atoms with Crippen LogP contribution in [0.3, 0.4) is 0 Å². The summed E-state index contributed by atoms with van der Waals surface area (Å²) < 4.78 is 16.6. The Morgan fingerprint density at radius 1 is 1.15 bits per heavy atom. The number of aliphatic hydroxyl groups excluding tert-OH is 1. The summed E-state index contributed by atoms with van der Waals surface area (Å²) in [6.45, 7) is -0.0741. The van der Waals surface area contributed by atoms with Gasteiger partial charge < -0.3 is 19.3 Å². The Morgan fingerprint density at radius 2 is 1.75 bits per heavy atom. The van der Waals surface area contributed by atoms with Crippen LogP contribution >= 0.6 is 27.3 Å². The maximum absolute atomic E-state index is 9.41. The Bertz CT molecular complexity index is 589. The van der Waals surface area contributed by atoms with E-state index in [2.05, 4.69) is 20.9 Å². The van der Waals surface area contributed by atoms with Crippen molar-refractivity contribution in [2.24, 2.45) is 0 Å². The van der Waals surface area contributed by atoms with Gasteiger partial charge in [-0.1, -0.05) is 0 Å². The molecular weight excluding hydrogens is 346 g/mol. The molecule has 2 aromatic rings. The van der Waals surface area contributed by atoms with Crippen LogP contribution in [0.4, 0.5) is 0 Å². The number of benzene rings is 1.